The molecule has 1 saturated carbocycles. The van der Waals surface area contributed by atoms with E-state index in [1.54, 1.807) is 4.90 Å². The molecule has 0 bridgehead atoms. The number of carboxylic acids is 1. The Balaban J connectivity index is 2.62. The Labute approximate surface area is 126 Å². The molecule has 0 radical (unpaired) electrons. The van der Waals surface area contributed by atoms with E-state index in [2.05, 4.69) is 5.32 Å². The highest BCUT2D eigenvalue weighted by Gasteiger charge is 2.26. The second-order valence-electron chi connectivity index (χ2n) is 5.74. The van der Waals surface area contributed by atoms with Crippen LogP contribution in [0.3, 0.4) is 0 Å². The summed E-state index contributed by atoms with van der Waals surface area (Å²) in [7, 11) is 0. The van der Waals surface area contributed by atoms with Crippen LogP contribution in [0.15, 0.2) is 0 Å². The quantitative estimate of drug-likeness (QED) is 0.639. The molecular weight excluding hydrogens is 272 g/mol. The van der Waals surface area contributed by atoms with Crippen molar-refractivity contribution in [1.82, 2.24) is 10.2 Å². The first-order valence-electron chi connectivity index (χ1n) is 7.98. The molecule has 1 rings (SSSR count). The van der Waals surface area contributed by atoms with Gasteiger partial charge in [0.2, 0.25) is 0 Å². The van der Waals surface area contributed by atoms with Crippen LogP contribution in [0, 0.1) is 0 Å². The number of carbonyl (C=O) groups excluding carboxylic acids is 1. The summed E-state index contributed by atoms with van der Waals surface area (Å²) in [4.78, 5) is 25.0. The fourth-order valence-electron chi connectivity index (χ4n) is 2.99. The van der Waals surface area contributed by atoms with Gasteiger partial charge in [-0.3, -0.25) is 4.79 Å². The first kappa shape index (κ1) is 17.8. The van der Waals surface area contributed by atoms with Gasteiger partial charge in [-0.15, -0.1) is 0 Å². The van der Waals surface area contributed by atoms with Crippen molar-refractivity contribution in [2.24, 2.45) is 0 Å². The number of amides is 2. The van der Waals surface area contributed by atoms with Gasteiger partial charge in [0.15, 0.2) is 0 Å². The summed E-state index contributed by atoms with van der Waals surface area (Å²) < 4.78 is 0. The summed E-state index contributed by atoms with van der Waals surface area (Å²) in [5, 5.41) is 20.9. The number of carboxylic acid groups (broad SMARTS) is 1. The summed E-state index contributed by atoms with van der Waals surface area (Å²) >= 11 is 0. The lowest BCUT2D eigenvalue weighted by Crippen LogP contribution is -2.51. The largest absolute Gasteiger partial charge is 0.481 e. The van der Waals surface area contributed by atoms with Crippen LogP contribution in [-0.2, 0) is 4.79 Å². The molecule has 1 aliphatic rings. The van der Waals surface area contributed by atoms with Gasteiger partial charge in [0, 0.05) is 18.6 Å². The van der Waals surface area contributed by atoms with Crippen LogP contribution in [0.1, 0.15) is 58.3 Å². The SMILES string of the molecule is CCCC(CC(=O)O)NC(=O)N(CCO)C1CCCCC1. The number of carbonyl (C=O) groups is 2. The summed E-state index contributed by atoms with van der Waals surface area (Å²) in [5.74, 6) is -0.903. The number of hydrogen-bond acceptors (Lipinski definition) is 3. The molecule has 0 aromatic heterocycles. The zero-order chi connectivity index (χ0) is 15.7. The summed E-state index contributed by atoms with van der Waals surface area (Å²) in [6.07, 6.45) is 6.74. The Hall–Kier alpha value is -1.30. The van der Waals surface area contributed by atoms with Crippen molar-refractivity contribution in [3.8, 4) is 0 Å². The van der Waals surface area contributed by atoms with E-state index in [9.17, 15) is 14.7 Å². The Morgan fingerprint density at radius 3 is 2.48 bits per heavy atom. The highest BCUT2D eigenvalue weighted by atomic mass is 16.4. The van der Waals surface area contributed by atoms with Crippen LogP contribution in [0.2, 0.25) is 0 Å². The number of aliphatic carboxylic acids is 1. The minimum absolute atomic E-state index is 0.0583. The molecule has 0 aromatic carbocycles. The number of aliphatic hydroxyl groups is 1. The topological polar surface area (TPSA) is 89.9 Å². The molecule has 1 unspecified atom stereocenters. The van der Waals surface area contributed by atoms with E-state index >= 15 is 0 Å². The number of aliphatic hydroxyl groups excluding tert-OH is 1. The average molecular weight is 300 g/mol. The van der Waals surface area contributed by atoms with Crippen LogP contribution in [0.4, 0.5) is 4.79 Å². The molecule has 6 nitrogen and oxygen atoms in total. The van der Waals surface area contributed by atoms with Gasteiger partial charge in [-0.05, 0) is 19.3 Å². The van der Waals surface area contributed by atoms with Gasteiger partial charge in [-0.2, -0.15) is 0 Å². The first-order chi connectivity index (χ1) is 10.1. The van der Waals surface area contributed by atoms with Crippen LogP contribution >= 0.6 is 0 Å². The second-order valence-corrected chi connectivity index (χ2v) is 5.74. The highest BCUT2D eigenvalue weighted by molar-refractivity contribution is 5.76. The van der Waals surface area contributed by atoms with Gasteiger partial charge >= 0.3 is 12.0 Å². The number of nitrogens with one attached hydrogen (secondary N) is 1. The molecule has 0 aromatic rings. The molecule has 1 aliphatic carbocycles. The Bertz CT molecular complexity index is 330. The first-order valence-corrected chi connectivity index (χ1v) is 7.98. The lowest BCUT2D eigenvalue weighted by Gasteiger charge is -2.35. The number of rotatable bonds is 8. The molecule has 0 aliphatic heterocycles. The smallest absolute Gasteiger partial charge is 0.317 e. The fourth-order valence-corrected chi connectivity index (χ4v) is 2.99. The zero-order valence-corrected chi connectivity index (χ0v) is 12.9. The molecule has 0 heterocycles. The van der Waals surface area contributed by atoms with E-state index in [1.807, 2.05) is 6.92 Å². The van der Waals surface area contributed by atoms with E-state index in [0.717, 1.165) is 32.1 Å². The van der Waals surface area contributed by atoms with Crippen molar-refractivity contribution in [2.75, 3.05) is 13.2 Å². The Morgan fingerprint density at radius 2 is 1.95 bits per heavy atom. The predicted molar refractivity (Wildman–Crippen MR) is 80.1 cm³/mol. The Morgan fingerprint density at radius 1 is 1.29 bits per heavy atom. The van der Waals surface area contributed by atoms with E-state index in [4.69, 9.17) is 5.11 Å². The summed E-state index contributed by atoms with van der Waals surface area (Å²) in [5.41, 5.74) is 0. The molecule has 0 spiro atoms. The molecule has 1 atom stereocenters. The van der Waals surface area contributed by atoms with Crippen molar-refractivity contribution in [3.63, 3.8) is 0 Å². The lowest BCUT2D eigenvalue weighted by atomic mass is 9.94. The second kappa shape index (κ2) is 9.60. The van der Waals surface area contributed by atoms with Crippen LogP contribution in [-0.4, -0.2) is 52.3 Å². The third kappa shape index (κ3) is 6.33. The van der Waals surface area contributed by atoms with Gasteiger partial charge in [-0.25, -0.2) is 4.79 Å². The number of hydrogen-bond donors (Lipinski definition) is 3. The van der Waals surface area contributed by atoms with E-state index in [0.29, 0.717) is 13.0 Å². The highest BCUT2D eigenvalue weighted by Crippen LogP contribution is 2.22. The van der Waals surface area contributed by atoms with Gasteiger partial charge in [0.25, 0.3) is 0 Å². The van der Waals surface area contributed by atoms with E-state index in [1.165, 1.54) is 6.42 Å². The minimum atomic E-state index is -0.903. The van der Waals surface area contributed by atoms with Gasteiger partial charge in [0.05, 0.1) is 13.0 Å². The molecule has 6 heteroatoms. The van der Waals surface area contributed by atoms with Crippen molar-refractivity contribution >= 4 is 12.0 Å². The van der Waals surface area contributed by atoms with Gasteiger partial charge in [0.1, 0.15) is 0 Å². The summed E-state index contributed by atoms with van der Waals surface area (Å²) in [6, 6.07) is -0.418. The molecular formula is C15H28N2O4. The van der Waals surface area contributed by atoms with E-state index < -0.39 is 5.97 Å². The lowest BCUT2D eigenvalue weighted by molar-refractivity contribution is -0.137. The minimum Gasteiger partial charge on any atom is -0.481 e. The average Bonchev–Trinajstić information content (AvgIpc) is 2.45. The molecule has 0 saturated heterocycles. The maximum Gasteiger partial charge on any atom is 0.317 e. The normalized spacial score (nSPS) is 17.2. The van der Waals surface area contributed by atoms with Crippen LogP contribution in [0.25, 0.3) is 0 Å². The van der Waals surface area contributed by atoms with Crippen molar-refractivity contribution in [1.29, 1.82) is 0 Å². The number of urea groups is 1. The maximum atomic E-state index is 12.4. The van der Waals surface area contributed by atoms with Gasteiger partial charge in [-0.1, -0.05) is 32.6 Å². The number of nitrogens with zero attached hydrogens (tertiary/aromatic N) is 1. The molecule has 2 amide bonds. The standard InChI is InChI=1S/C15H28N2O4/c1-2-6-12(11-14(19)20)16-15(21)17(9-10-18)13-7-4-3-5-8-13/h12-13,18H,2-11H2,1H3,(H,16,21)(H,19,20). The molecule has 1 fully saturated rings. The monoisotopic (exact) mass is 300 g/mol. The third-order valence-electron chi connectivity index (χ3n) is 4.00. The third-order valence-corrected chi connectivity index (χ3v) is 4.00. The molecule has 122 valence electrons. The molecule has 21 heavy (non-hydrogen) atoms. The maximum absolute atomic E-state index is 12.4. The van der Waals surface area contributed by atoms with E-state index in [-0.39, 0.29) is 31.1 Å². The predicted octanol–water partition coefficient (Wildman–Crippen LogP) is 1.97. The zero-order valence-electron chi connectivity index (χ0n) is 12.9. The van der Waals surface area contributed by atoms with Crippen molar-refractivity contribution in [3.05, 3.63) is 0 Å². The van der Waals surface area contributed by atoms with Crippen LogP contribution in [0.5, 0.6) is 0 Å². The Kier molecular flexibility index (Phi) is 8.12. The summed E-state index contributed by atoms with van der Waals surface area (Å²) in [6.45, 7) is 2.21. The molecule has 3 N–H and O–H groups in total. The van der Waals surface area contributed by atoms with Crippen molar-refractivity contribution in [2.45, 2.75) is 70.4 Å². The fraction of sp³-hybridized carbons (Fsp3) is 0.867. The van der Waals surface area contributed by atoms with Crippen LogP contribution < -0.4 is 5.32 Å². The van der Waals surface area contributed by atoms with Gasteiger partial charge < -0.3 is 20.4 Å². The van der Waals surface area contributed by atoms with Crippen molar-refractivity contribution < 1.29 is 19.8 Å².